The average molecular weight is 206 g/mol. The molecular formula is C12H14O3. The van der Waals surface area contributed by atoms with E-state index in [4.69, 9.17) is 9.47 Å². The van der Waals surface area contributed by atoms with Crippen molar-refractivity contribution in [1.29, 1.82) is 0 Å². The molecule has 0 spiro atoms. The molecule has 0 unspecified atom stereocenters. The molecule has 1 aliphatic rings. The monoisotopic (exact) mass is 206 g/mol. The van der Waals surface area contributed by atoms with Crippen LogP contribution >= 0.6 is 0 Å². The zero-order valence-corrected chi connectivity index (χ0v) is 8.90. The largest absolute Gasteiger partial charge is 0.467 e. The Morgan fingerprint density at radius 1 is 1.47 bits per heavy atom. The van der Waals surface area contributed by atoms with E-state index in [-0.39, 0.29) is 12.1 Å². The van der Waals surface area contributed by atoms with Gasteiger partial charge in [0.15, 0.2) is 6.10 Å². The third kappa shape index (κ3) is 1.88. The molecule has 0 N–H and O–H groups in total. The molecule has 3 heteroatoms. The normalized spacial score (nSPS) is 24.4. The summed E-state index contributed by atoms with van der Waals surface area (Å²) >= 11 is 0. The van der Waals surface area contributed by atoms with Gasteiger partial charge in [-0.25, -0.2) is 4.79 Å². The van der Waals surface area contributed by atoms with Gasteiger partial charge in [-0.1, -0.05) is 24.3 Å². The number of carbonyl (C=O) groups is 1. The first kappa shape index (κ1) is 10.2. The van der Waals surface area contributed by atoms with E-state index in [1.165, 1.54) is 12.7 Å². The van der Waals surface area contributed by atoms with E-state index >= 15 is 0 Å². The molecule has 2 atom stereocenters. The molecule has 1 aliphatic heterocycles. The number of benzene rings is 1. The van der Waals surface area contributed by atoms with Crippen LogP contribution in [-0.4, -0.2) is 19.2 Å². The third-order valence-corrected chi connectivity index (χ3v) is 2.63. The van der Waals surface area contributed by atoms with Gasteiger partial charge >= 0.3 is 5.97 Å². The molecule has 1 heterocycles. The molecule has 0 bridgehead atoms. The van der Waals surface area contributed by atoms with Crippen molar-refractivity contribution in [2.75, 3.05) is 7.11 Å². The van der Waals surface area contributed by atoms with Crippen LogP contribution in [-0.2, 0) is 20.7 Å². The molecule has 80 valence electrons. The molecule has 0 aromatic heterocycles. The molecule has 1 aromatic carbocycles. The molecule has 1 aromatic rings. The Morgan fingerprint density at radius 2 is 2.20 bits per heavy atom. The molecule has 0 fully saturated rings. The Morgan fingerprint density at radius 3 is 2.93 bits per heavy atom. The Labute approximate surface area is 89.0 Å². The van der Waals surface area contributed by atoms with Crippen LogP contribution < -0.4 is 0 Å². The number of hydrogen-bond acceptors (Lipinski definition) is 3. The highest BCUT2D eigenvalue weighted by molar-refractivity contribution is 5.77. The predicted molar refractivity (Wildman–Crippen MR) is 55.5 cm³/mol. The third-order valence-electron chi connectivity index (χ3n) is 2.63. The van der Waals surface area contributed by atoms with Crippen LogP contribution in [0.25, 0.3) is 0 Å². The predicted octanol–water partition coefficient (Wildman–Crippen LogP) is 1.86. The lowest BCUT2D eigenvalue weighted by Crippen LogP contribution is -2.29. The summed E-state index contributed by atoms with van der Waals surface area (Å²) in [7, 11) is 1.38. The fourth-order valence-electron chi connectivity index (χ4n) is 1.93. The standard InChI is InChI=1S/C12H14O3/c1-8-7-9-5-3-4-6-10(9)11(15-8)12(13)14-2/h3-6,8,11H,7H2,1-2H3/t8-,11+/m1/s1. The van der Waals surface area contributed by atoms with Crippen molar-refractivity contribution in [2.24, 2.45) is 0 Å². The van der Waals surface area contributed by atoms with Gasteiger partial charge in [0.2, 0.25) is 0 Å². The summed E-state index contributed by atoms with van der Waals surface area (Å²) < 4.78 is 10.3. The SMILES string of the molecule is COC(=O)[C@H]1O[C@H](C)Cc2ccccc21. The second-order valence-electron chi connectivity index (χ2n) is 3.75. The number of carbonyl (C=O) groups excluding carboxylic acids is 1. The number of hydrogen-bond donors (Lipinski definition) is 0. The maximum atomic E-state index is 11.5. The van der Waals surface area contributed by atoms with Gasteiger partial charge in [-0.15, -0.1) is 0 Å². The van der Waals surface area contributed by atoms with Crippen molar-refractivity contribution >= 4 is 5.97 Å². The van der Waals surface area contributed by atoms with Crippen molar-refractivity contribution in [2.45, 2.75) is 25.6 Å². The van der Waals surface area contributed by atoms with E-state index in [9.17, 15) is 4.79 Å². The van der Waals surface area contributed by atoms with Crippen LogP contribution in [0.1, 0.15) is 24.2 Å². The molecule has 0 radical (unpaired) electrons. The number of fused-ring (bicyclic) bond motifs is 1. The summed E-state index contributed by atoms with van der Waals surface area (Å²) in [5.41, 5.74) is 2.11. The number of rotatable bonds is 1. The highest BCUT2D eigenvalue weighted by atomic mass is 16.6. The highest BCUT2D eigenvalue weighted by Crippen LogP contribution is 2.30. The number of ether oxygens (including phenoxy) is 2. The molecule has 3 nitrogen and oxygen atoms in total. The molecule has 0 saturated carbocycles. The lowest BCUT2D eigenvalue weighted by atomic mass is 9.95. The highest BCUT2D eigenvalue weighted by Gasteiger charge is 2.30. The van der Waals surface area contributed by atoms with E-state index in [2.05, 4.69) is 0 Å². The van der Waals surface area contributed by atoms with Crippen LogP contribution in [0.2, 0.25) is 0 Å². The minimum atomic E-state index is -0.560. The summed E-state index contributed by atoms with van der Waals surface area (Å²) in [6.45, 7) is 1.96. The van der Waals surface area contributed by atoms with Crippen molar-refractivity contribution in [3.8, 4) is 0 Å². The van der Waals surface area contributed by atoms with Crippen LogP contribution in [0.3, 0.4) is 0 Å². The van der Waals surface area contributed by atoms with Gasteiger partial charge in [-0.05, 0) is 24.5 Å². The average Bonchev–Trinajstić information content (AvgIpc) is 2.26. The van der Waals surface area contributed by atoms with E-state index in [0.29, 0.717) is 0 Å². The first-order valence-electron chi connectivity index (χ1n) is 5.03. The Balaban J connectivity index is 2.38. The van der Waals surface area contributed by atoms with Crippen LogP contribution in [0.5, 0.6) is 0 Å². The van der Waals surface area contributed by atoms with Gasteiger partial charge in [-0.3, -0.25) is 0 Å². The van der Waals surface area contributed by atoms with Crippen molar-refractivity contribution < 1.29 is 14.3 Å². The molecule has 15 heavy (non-hydrogen) atoms. The fourth-order valence-corrected chi connectivity index (χ4v) is 1.93. The summed E-state index contributed by atoms with van der Waals surface area (Å²) in [6, 6.07) is 7.84. The van der Waals surface area contributed by atoms with Gasteiger partial charge in [0, 0.05) is 0 Å². The Bertz CT molecular complexity index is 373. The first-order chi connectivity index (χ1) is 7.22. The van der Waals surface area contributed by atoms with E-state index < -0.39 is 6.10 Å². The van der Waals surface area contributed by atoms with Gasteiger partial charge in [-0.2, -0.15) is 0 Å². The minimum absolute atomic E-state index is 0.0593. The van der Waals surface area contributed by atoms with Crippen LogP contribution in [0.4, 0.5) is 0 Å². The fraction of sp³-hybridized carbons (Fsp3) is 0.417. The maximum absolute atomic E-state index is 11.5. The molecule has 0 aliphatic carbocycles. The molecule has 2 rings (SSSR count). The first-order valence-corrected chi connectivity index (χ1v) is 5.03. The Kier molecular flexibility index (Phi) is 2.73. The molecule has 0 amide bonds. The van der Waals surface area contributed by atoms with Crippen LogP contribution in [0.15, 0.2) is 24.3 Å². The summed E-state index contributed by atoms with van der Waals surface area (Å²) in [5, 5.41) is 0. The minimum Gasteiger partial charge on any atom is -0.467 e. The van der Waals surface area contributed by atoms with E-state index in [1.807, 2.05) is 31.2 Å². The quantitative estimate of drug-likeness (QED) is 0.658. The van der Waals surface area contributed by atoms with Crippen LogP contribution in [0, 0.1) is 0 Å². The Hall–Kier alpha value is -1.35. The second-order valence-corrected chi connectivity index (χ2v) is 3.75. The lowest BCUT2D eigenvalue weighted by molar-refractivity contribution is -0.159. The van der Waals surface area contributed by atoms with Crippen molar-refractivity contribution in [1.82, 2.24) is 0 Å². The van der Waals surface area contributed by atoms with Gasteiger partial charge in [0.05, 0.1) is 13.2 Å². The summed E-state index contributed by atoms with van der Waals surface area (Å²) in [4.78, 5) is 11.5. The summed E-state index contributed by atoms with van der Waals surface area (Å²) in [6.07, 6.45) is 0.350. The number of esters is 1. The number of methoxy groups -OCH3 is 1. The van der Waals surface area contributed by atoms with E-state index in [1.54, 1.807) is 0 Å². The second kappa shape index (κ2) is 4.03. The lowest BCUT2D eigenvalue weighted by Gasteiger charge is -2.28. The van der Waals surface area contributed by atoms with Crippen molar-refractivity contribution in [3.05, 3.63) is 35.4 Å². The maximum Gasteiger partial charge on any atom is 0.339 e. The van der Waals surface area contributed by atoms with Gasteiger partial charge < -0.3 is 9.47 Å². The molecular weight excluding hydrogens is 192 g/mol. The zero-order chi connectivity index (χ0) is 10.8. The topological polar surface area (TPSA) is 35.5 Å². The summed E-state index contributed by atoms with van der Waals surface area (Å²) in [5.74, 6) is -0.325. The smallest absolute Gasteiger partial charge is 0.339 e. The van der Waals surface area contributed by atoms with Gasteiger partial charge in [0.25, 0.3) is 0 Å². The van der Waals surface area contributed by atoms with Crippen molar-refractivity contribution in [3.63, 3.8) is 0 Å². The van der Waals surface area contributed by atoms with E-state index in [0.717, 1.165) is 12.0 Å². The zero-order valence-electron chi connectivity index (χ0n) is 8.90. The molecule has 0 saturated heterocycles. The van der Waals surface area contributed by atoms with Gasteiger partial charge in [0.1, 0.15) is 0 Å².